The number of aliphatic carboxylic acids is 1. The van der Waals surface area contributed by atoms with Gasteiger partial charge in [0.2, 0.25) is 5.91 Å². The topological polar surface area (TPSA) is 104 Å². The van der Waals surface area contributed by atoms with Gasteiger partial charge in [0.1, 0.15) is 6.04 Å². The molecular formula is C19H24N3O4S-. The number of carbonyl (C=O) groups excluding carboxylic acids is 2. The first-order chi connectivity index (χ1) is 12.9. The number of para-hydroxylation sites is 1. The van der Waals surface area contributed by atoms with E-state index in [2.05, 4.69) is 10.3 Å². The molecular weight excluding hydrogens is 366 g/mol. The third kappa shape index (κ3) is 4.88. The van der Waals surface area contributed by atoms with Gasteiger partial charge in [-0.3, -0.25) is 14.2 Å². The van der Waals surface area contributed by atoms with Crippen molar-refractivity contribution in [2.24, 2.45) is 5.92 Å². The highest BCUT2D eigenvalue weighted by Crippen LogP contribution is 2.21. The largest absolute Gasteiger partial charge is 0.548 e. The van der Waals surface area contributed by atoms with Crippen LogP contribution in [0.1, 0.15) is 32.7 Å². The maximum absolute atomic E-state index is 12.9. The monoisotopic (exact) mass is 390 g/mol. The van der Waals surface area contributed by atoms with Crippen LogP contribution in [-0.2, 0) is 9.59 Å². The maximum atomic E-state index is 12.9. The standard InChI is InChI=1S/C19H25N3O4S/c1-4-12(2)16(17(23)21-15(19(25)26)9-10-27-3)22-11-20-14-8-6-5-7-13(14)18(22)24/h5-8,11-12,15-16H,4,9-10H2,1-3H3,(H,21,23)(H,25,26)/p-1/t12-,15-,16-/m0/s1. The molecule has 0 aliphatic heterocycles. The molecule has 0 fully saturated rings. The number of carboxylic acids is 1. The molecule has 1 amide bonds. The van der Waals surface area contributed by atoms with Crippen LogP contribution in [0.25, 0.3) is 10.9 Å². The first kappa shape index (κ1) is 21.0. The van der Waals surface area contributed by atoms with Crippen LogP contribution in [0.3, 0.4) is 0 Å². The van der Waals surface area contributed by atoms with Gasteiger partial charge in [0, 0.05) is 0 Å². The second-order valence-corrected chi connectivity index (χ2v) is 7.45. The third-order valence-corrected chi connectivity index (χ3v) is 5.30. The molecule has 0 spiro atoms. The molecule has 0 saturated heterocycles. The lowest BCUT2D eigenvalue weighted by molar-refractivity contribution is -0.308. The minimum atomic E-state index is -1.33. The molecule has 1 N–H and O–H groups in total. The van der Waals surface area contributed by atoms with Crippen molar-refractivity contribution in [3.05, 3.63) is 40.9 Å². The van der Waals surface area contributed by atoms with Crippen LogP contribution in [-0.4, -0.2) is 39.5 Å². The van der Waals surface area contributed by atoms with E-state index in [4.69, 9.17) is 0 Å². The van der Waals surface area contributed by atoms with Gasteiger partial charge in [0.15, 0.2) is 0 Å². The van der Waals surface area contributed by atoms with Crippen molar-refractivity contribution in [1.29, 1.82) is 0 Å². The van der Waals surface area contributed by atoms with Gasteiger partial charge in [0.25, 0.3) is 5.56 Å². The van der Waals surface area contributed by atoms with Gasteiger partial charge in [-0.1, -0.05) is 32.4 Å². The van der Waals surface area contributed by atoms with E-state index in [0.717, 1.165) is 0 Å². The van der Waals surface area contributed by atoms with Crippen molar-refractivity contribution in [2.45, 2.75) is 38.8 Å². The van der Waals surface area contributed by atoms with Crippen LogP contribution in [0.4, 0.5) is 0 Å². The number of hydrogen-bond acceptors (Lipinski definition) is 6. The van der Waals surface area contributed by atoms with Crippen LogP contribution in [0.2, 0.25) is 0 Å². The van der Waals surface area contributed by atoms with Crippen molar-refractivity contribution in [3.63, 3.8) is 0 Å². The van der Waals surface area contributed by atoms with Gasteiger partial charge in [-0.05, 0) is 36.5 Å². The molecule has 7 nitrogen and oxygen atoms in total. The zero-order valence-corrected chi connectivity index (χ0v) is 16.5. The Balaban J connectivity index is 2.40. The first-order valence-corrected chi connectivity index (χ1v) is 10.3. The quantitative estimate of drug-likeness (QED) is 0.684. The lowest BCUT2D eigenvalue weighted by Crippen LogP contribution is -2.51. The summed E-state index contributed by atoms with van der Waals surface area (Å²) in [7, 11) is 0. The Labute approximate surface area is 162 Å². The lowest BCUT2D eigenvalue weighted by Gasteiger charge is -2.27. The third-order valence-electron chi connectivity index (χ3n) is 4.65. The summed E-state index contributed by atoms with van der Waals surface area (Å²) in [5.41, 5.74) is 0.227. The second-order valence-electron chi connectivity index (χ2n) is 6.47. The number of hydrogen-bond donors (Lipinski definition) is 1. The zero-order chi connectivity index (χ0) is 20.0. The predicted octanol–water partition coefficient (Wildman–Crippen LogP) is 0.971. The second kappa shape index (κ2) is 9.55. The Bertz CT molecular complexity index is 867. The van der Waals surface area contributed by atoms with Crippen molar-refractivity contribution in [1.82, 2.24) is 14.9 Å². The van der Waals surface area contributed by atoms with E-state index < -0.39 is 24.0 Å². The minimum Gasteiger partial charge on any atom is -0.548 e. The highest BCUT2D eigenvalue weighted by molar-refractivity contribution is 7.98. The predicted molar refractivity (Wildman–Crippen MR) is 104 cm³/mol. The summed E-state index contributed by atoms with van der Waals surface area (Å²) in [4.78, 5) is 41.5. The van der Waals surface area contributed by atoms with Gasteiger partial charge < -0.3 is 15.2 Å². The Kier molecular flexibility index (Phi) is 7.41. The average molecular weight is 390 g/mol. The molecule has 0 radical (unpaired) electrons. The SMILES string of the molecule is CC[C@H](C)[C@@H](C(=O)N[C@@H](CCSC)C(=O)[O-])n1cnc2ccccc2c1=O. The number of carbonyl (C=O) groups is 2. The molecule has 0 unspecified atom stereocenters. The molecule has 0 aliphatic carbocycles. The van der Waals surface area contributed by atoms with Crippen LogP contribution in [0.5, 0.6) is 0 Å². The molecule has 3 atom stereocenters. The van der Waals surface area contributed by atoms with E-state index in [9.17, 15) is 19.5 Å². The molecule has 146 valence electrons. The van der Waals surface area contributed by atoms with Crippen LogP contribution in [0, 0.1) is 5.92 Å². The van der Waals surface area contributed by atoms with Crippen molar-refractivity contribution < 1.29 is 14.7 Å². The Morgan fingerprint density at radius 1 is 1.33 bits per heavy atom. The summed E-state index contributed by atoms with van der Waals surface area (Å²) in [6, 6.07) is 4.97. The number of rotatable bonds is 9. The van der Waals surface area contributed by atoms with Gasteiger partial charge in [-0.2, -0.15) is 11.8 Å². The first-order valence-electron chi connectivity index (χ1n) is 8.86. The Morgan fingerprint density at radius 2 is 2.04 bits per heavy atom. The molecule has 1 heterocycles. The van der Waals surface area contributed by atoms with Crippen LogP contribution in [0.15, 0.2) is 35.4 Å². The molecule has 8 heteroatoms. The lowest BCUT2D eigenvalue weighted by atomic mass is 9.97. The highest BCUT2D eigenvalue weighted by atomic mass is 32.2. The molecule has 2 aromatic rings. The fourth-order valence-corrected chi connectivity index (χ4v) is 3.38. The smallest absolute Gasteiger partial charge is 0.261 e. The summed E-state index contributed by atoms with van der Waals surface area (Å²) in [5, 5.41) is 14.3. The van der Waals surface area contributed by atoms with Gasteiger partial charge >= 0.3 is 0 Å². The van der Waals surface area contributed by atoms with Crippen LogP contribution < -0.4 is 16.0 Å². The number of nitrogens with one attached hydrogen (secondary N) is 1. The molecule has 2 rings (SSSR count). The normalized spacial score (nSPS) is 14.5. The summed E-state index contributed by atoms with van der Waals surface area (Å²) in [5.74, 6) is -1.46. The van der Waals surface area contributed by atoms with Crippen molar-refractivity contribution in [3.8, 4) is 0 Å². The average Bonchev–Trinajstić information content (AvgIpc) is 2.66. The number of amides is 1. The number of thioether (sulfide) groups is 1. The van der Waals surface area contributed by atoms with Gasteiger partial charge in [-0.25, -0.2) is 4.98 Å². The number of carboxylic acid groups (broad SMARTS) is 1. The Hall–Kier alpha value is -2.35. The van der Waals surface area contributed by atoms with Crippen molar-refractivity contribution in [2.75, 3.05) is 12.0 Å². The van der Waals surface area contributed by atoms with E-state index in [-0.39, 0.29) is 17.9 Å². The summed E-state index contributed by atoms with van der Waals surface area (Å²) in [6.07, 6.45) is 4.11. The van der Waals surface area contributed by atoms with E-state index in [1.165, 1.54) is 22.7 Å². The highest BCUT2D eigenvalue weighted by Gasteiger charge is 2.29. The molecule has 0 aliphatic rings. The number of benzene rings is 1. The summed E-state index contributed by atoms with van der Waals surface area (Å²) in [6.45, 7) is 3.76. The summed E-state index contributed by atoms with van der Waals surface area (Å²) < 4.78 is 1.30. The zero-order valence-electron chi connectivity index (χ0n) is 15.7. The fraction of sp³-hybridized carbons (Fsp3) is 0.474. The molecule has 1 aromatic heterocycles. The van der Waals surface area contributed by atoms with E-state index in [1.54, 1.807) is 24.3 Å². The van der Waals surface area contributed by atoms with E-state index in [0.29, 0.717) is 23.1 Å². The van der Waals surface area contributed by atoms with Crippen molar-refractivity contribution >= 4 is 34.5 Å². The number of nitrogens with zero attached hydrogens (tertiary/aromatic N) is 2. The maximum Gasteiger partial charge on any atom is 0.261 e. The van der Waals surface area contributed by atoms with Crippen LogP contribution >= 0.6 is 11.8 Å². The molecule has 0 saturated carbocycles. The molecule has 1 aromatic carbocycles. The molecule has 27 heavy (non-hydrogen) atoms. The van der Waals surface area contributed by atoms with E-state index in [1.807, 2.05) is 20.1 Å². The fourth-order valence-electron chi connectivity index (χ4n) is 2.91. The van der Waals surface area contributed by atoms with E-state index >= 15 is 0 Å². The van der Waals surface area contributed by atoms with Gasteiger partial charge in [0.05, 0.1) is 29.2 Å². The minimum absolute atomic E-state index is 0.186. The summed E-state index contributed by atoms with van der Waals surface area (Å²) >= 11 is 1.49. The number of aromatic nitrogens is 2. The van der Waals surface area contributed by atoms with Gasteiger partial charge in [-0.15, -0.1) is 0 Å². The Morgan fingerprint density at radius 3 is 2.67 bits per heavy atom. The number of fused-ring (bicyclic) bond motifs is 1. The molecule has 0 bridgehead atoms.